The summed E-state index contributed by atoms with van der Waals surface area (Å²) < 4.78 is 0. The number of hydrogen-bond donors (Lipinski definition) is 1. The van der Waals surface area contributed by atoms with Crippen LogP contribution in [-0.4, -0.2) is 17.0 Å². The van der Waals surface area contributed by atoms with Crippen LogP contribution in [0.4, 0.5) is 0 Å². The highest BCUT2D eigenvalue weighted by atomic mass is 32.2. The molecule has 1 unspecified atom stereocenters. The molecule has 2 rings (SSSR count). The topological polar surface area (TPSA) is 24.4 Å². The highest BCUT2D eigenvalue weighted by molar-refractivity contribution is 8.14. The van der Waals surface area contributed by atoms with Crippen molar-refractivity contribution in [3.8, 4) is 0 Å². The first kappa shape index (κ1) is 13.0. The van der Waals surface area contributed by atoms with Gasteiger partial charge in [-0.2, -0.15) is 0 Å². The third-order valence-corrected chi connectivity index (χ3v) is 5.01. The number of nitrogens with one attached hydrogen (secondary N) is 1. The lowest BCUT2D eigenvalue weighted by atomic mass is 10.1. The van der Waals surface area contributed by atoms with Gasteiger partial charge in [0.2, 0.25) is 0 Å². The quantitative estimate of drug-likeness (QED) is 0.901. The third-order valence-electron chi connectivity index (χ3n) is 2.82. The normalized spacial score (nSPS) is 19.8. The van der Waals surface area contributed by atoms with Crippen LogP contribution < -0.4 is 5.32 Å². The van der Waals surface area contributed by atoms with Crippen LogP contribution in [0.1, 0.15) is 30.7 Å². The van der Waals surface area contributed by atoms with Crippen molar-refractivity contribution in [1.82, 2.24) is 5.32 Å². The van der Waals surface area contributed by atoms with E-state index in [9.17, 15) is 0 Å². The molecule has 0 bridgehead atoms. The summed E-state index contributed by atoms with van der Waals surface area (Å²) in [4.78, 5) is 5.99. The van der Waals surface area contributed by atoms with E-state index in [-0.39, 0.29) is 0 Å². The van der Waals surface area contributed by atoms with E-state index in [0.717, 1.165) is 24.2 Å². The van der Waals surface area contributed by atoms with E-state index in [1.54, 1.807) is 0 Å². The molecule has 1 atom stereocenters. The summed E-state index contributed by atoms with van der Waals surface area (Å²) in [7, 11) is 0. The molecule has 1 N–H and O–H groups in total. The Morgan fingerprint density at radius 1 is 1.53 bits per heavy atom. The lowest BCUT2D eigenvalue weighted by Crippen LogP contribution is -2.19. The van der Waals surface area contributed by atoms with E-state index >= 15 is 0 Å². The fourth-order valence-corrected chi connectivity index (χ4v) is 4.00. The van der Waals surface area contributed by atoms with Crippen molar-refractivity contribution in [2.75, 3.05) is 6.54 Å². The zero-order valence-corrected chi connectivity index (χ0v) is 12.3. The monoisotopic (exact) mass is 268 g/mol. The fraction of sp³-hybridized carbons (Fsp3) is 0.615. The Balaban J connectivity index is 1.77. The average Bonchev–Trinajstić information content (AvgIpc) is 2.84. The summed E-state index contributed by atoms with van der Waals surface area (Å²) >= 11 is 3.73. The van der Waals surface area contributed by atoms with E-state index in [2.05, 4.69) is 42.5 Å². The van der Waals surface area contributed by atoms with Gasteiger partial charge in [0.05, 0.1) is 13.1 Å². The lowest BCUT2D eigenvalue weighted by molar-refractivity contribution is 0.575. The predicted molar refractivity (Wildman–Crippen MR) is 79.0 cm³/mol. The van der Waals surface area contributed by atoms with Gasteiger partial charge in [-0.1, -0.05) is 25.6 Å². The summed E-state index contributed by atoms with van der Waals surface area (Å²) in [5, 5.41) is 7.41. The minimum Gasteiger partial charge on any atom is -0.360 e. The Kier molecular flexibility index (Phi) is 4.51. The molecule has 1 aromatic rings. The van der Waals surface area contributed by atoms with E-state index in [0.29, 0.717) is 5.25 Å². The van der Waals surface area contributed by atoms with Gasteiger partial charge in [0.15, 0.2) is 5.17 Å². The van der Waals surface area contributed by atoms with Crippen molar-refractivity contribution in [3.05, 3.63) is 21.9 Å². The maximum atomic E-state index is 4.57. The van der Waals surface area contributed by atoms with Crippen molar-refractivity contribution in [3.63, 3.8) is 0 Å². The molecule has 1 aromatic heterocycles. The van der Waals surface area contributed by atoms with Crippen LogP contribution in [0.3, 0.4) is 0 Å². The Morgan fingerprint density at radius 3 is 3.00 bits per heavy atom. The summed E-state index contributed by atoms with van der Waals surface area (Å²) in [5.41, 5.74) is 1.38. The van der Waals surface area contributed by atoms with Gasteiger partial charge in [0.1, 0.15) is 0 Å². The zero-order valence-electron chi connectivity index (χ0n) is 10.7. The maximum Gasteiger partial charge on any atom is 0.157 e. The van der Waals surface area contributed by atoms with Gasteiger partial charge in [-0.3, -0.25) is 4.99 Å². The summed E-state index contributed by atoms with van der Waals surface area (Å²) in [5.74, 6) is 0.765. The number of amidine groups is 1. The van der Waals surface area contributed by atoms with Crippen LogP contribution in [0.5, 0.6) is 0 Å². The van der Waals surface area contributed by atoms with Crippen molar-refractivity contribution in [1.29, 1.82) is 0 Å². The van der Waals surface area contributed by atoms with Crippen molar-refractivity contribution >= 4 is 28.3 Å². The Hall–Kier alpha value is -0.480. The third kappa shape index (κ3) is 3.75. The molecular formula is C13H20N2S2. The van der Waals surface area contributed by atoms with E-state index in [1.807, 2.05) is 23.1 Å². The minimum absolute atomic E-state index is 0.682. The second-order valence-corrected chi connectivity index (χ2v) is 7.19. The molecule has 1 aliphatic heterocycles. The number of hydrogen-bond acceptors (Lipinski definition) is 4. The van der Waals surface area contributed by atoms with Crippen LogP contribution in [0.2, 0.25) is 0 Å². The number of rotatable bonds is 4. The van der Waals surface area contributed by atoms with Gasteiger partial charge < -0.3 is 5.32 Å². The van der Waals surface area contributed by atoms with Crippen LogP contribution in [0.15, 0.2) is 16.4 Å². The van der Waals surface area contributed by atoms with Crippen molar-refractivity contribution in [2.24, 2.45) is 10.9 Å². The van der Waals surface area contributed by atoms with E-state index in [1.165, 1.54) is 16.9 Å². The SMILES string of the molecule is Cc1ccsc1CNC1=NCC(CC(C)C)S1. The molecule has 0 saturated heterocycles. The molecule has 0 spiro atoms. The molecule has 2 nitrogen and oxygen atoms in total. The van der Waals surface area contributed by atoms with Crippen LogP contribution in [0.25, 0.3) is 0 Å². The zero-order chi connectivity index (χ0) is 12.3. The molecule has 94 valence electrons. The van der Waals surface area contributed by atoms with Crippen LogP contribution in [0, 0.1) is 12.8 Å². The smallest absolute Gasteiger partial charge is 0.157 e. The Labute approximate surface area is 112 Å². The first-order valence-corrected chi connectivity index (χ1v) is 7.89. The van der Waals surface area contributed by atoms with Crippen molar-refractivity contribution in [2.45, 2.75) is 39.0 Å². The molecule has 0 aliphatic carbocycles. The van der Waals surface area contributed by atoms with E-state index < -0.39 is 0 Å². The van der Waals surface area contributed by atoms with Gasteiger partial charge in [0.25, 0.3) is 0 Å². The average molecular weight is 268 g/mol. The standard InChI is InChI=1S/C13H20N2S2/c1-9(2)6-11-7-14-13(17-11)15-8-12-10(3)4-5-16-12/h4-5,9,11H,6-8H2,1-3H3,(H,14,15). The molecule has 0 aromatic carbocycles. The molecule has 1 aliphatic rings. The van der Waals surface area contributed by atoms with Gasteiger partial charge in [-0.25, -0.2) is 0 Å². The molecule has 4 heteroatoms. The number of nitrogens with zero attached hydrogens (tertiary/aromatic N) is 1. The van der Waals surface area contributed by atoms with Crippen LogP contribution in [-0.2, 0) is 6.54 Å². The van der Waals surface area contributed by atoms with Gasteiger partial charge in [0, 0.05) is 10.1 Å². The van der Waals surface area contributed by atoms with Crippen LogP contribution >= 0.6 is 23.1 Å². The van der Waals surface area contributed by atoms with Gasteiger partial charge in [-0.05, 0) is 36.3 Å². The summed E-state index contributed by atoms with van der Waals surface area (Å²) in [6, 6.07) is 2.17. The first-order valence-electron chi connectivity index (χ1n) is 6.13. The molecule has 2 heterocycles. The predicted octanol–water partition coefficient (Wildman–Crippen LogP) is 3.66. The Bertz CT molecular complexity index is 396. The van der Waals surface area contributed by atoms with Gasteiger partial charge in [-0.15, -0.1) is 11.3 Å². The molecule has 0 fully saturated rings. The summed E-state index contributed by atoms with van der Waals surface area (Å²) in [6.07, 6.45) is 1.26. The lowest BCUT2D eigenvalue weighted by Gasteiger charge is -2.11. The Morgan fingerprint density at radius 2 is 2.35 bits per heavy atom. The molecule has 0 amide bonds. The second-order valence-electron chi connectivity index (χ2n) is 4.90. The van der Waals surface area contributed by atoms with Crippen molar-refractivity contribution < 1.29 is 0 Å². The molecule has 0 saturated carbocycles. The number of aryl methyl sites for hydroxylation is 1. The highest BCUT2D eigenvalue weighted by Gasteiger charge is 2.20. The number of thiophene rings is 1. The van der Waals surface area contributed by atoms with E-state index in [4.69, 9.17) is 0 Å². The van der Waals surface area contributed by atoms with Gasteiger partial charge >= 0.3 is 0 Å². The largest absolute Gasteiger partial charge is 0.360 e. The molecule has 17 heavy (non-hydrogen) atoms. The highest BCUT2D eigenvalue weighted by Crippen LogP contribution is 2.26. The fourth-order valence-electron chi connectivity index (χ4n) is 1.90. The number of thioether (sulfide) groups is 1. The maximum absolute atomic E-state index is 4.57. The second kappa shape index (κ2) is 5.91. The first-order chi connectivity index (χ1) is 8.15. The summed E-state index contributed by atoms with van der Waals surface area (Å²) in [6.45, 7) is 8.62. The minimum atomic E-state index is 0.682. The molecular weight excluding hydrogens is 248 g/mol. The molecule has 0 radical (unpaired) electrons. The number of aliphatic imine (C=N–C) groups is 1.